The fraction of sp³-hybridized carbons (Fsp3) is 0.706. The van der Waals surface area contributed by atoms with E-state index in [2.05, 4.69) is 22.0 Å². The first-order valence-electron chi connectivity index (χ1n) is 8.09. The molecule has 110 valence electrons. The van der Waals surface area contributed by atoms with Gasteiger partial charge >= 0.3 is 0 Å². The molecule has 0 amide bonds. The van der Waals surface area contributed by atoms with Crippen LogP contribution < -0.4 is 5.73 Å². The minimum atomic E-state index is 0.349. The minimum Gasteiger partial charge on any atom is -0.329 e. The van der Waals surface area contributed by atoms with Gasteiger partial charge < -0.3 is 5.73 Å². The summed E-state index contributed by atoms with van der Waals surface area (Å²) >= 11 is 0. The Morgan fingerprint density at radius 2 is 1.90 bits per heavy atom. The lowest BCUT2D eigenvalue weighted by Crippen LogP contribution is -2.43. The van der Waals surface area contributed by atoms with Gasteiger partial charge in [-0.3, -0.25) is 9.88 Å². The molecular formula is C17H27N3. The maximum Gasteiger partial charge on any atom is 0.0485 e. The molecule has 1 spiro atoms. The van der Waals surface area contributed by atoms with E-state index in [0.29, 0.717) is 18.0 Å². The smallest absolute Gasteiger partial charge is 0.0485 e. The Morgan fingerprint density at radius 3 is 2.45 bits per heavy atom. The van der Waals surface area contributed by atoms with Crippen molar-refractivity contribution < 1.29 is 0 Å². The lowest BCUT2D eigenvalue weighted by molar-refractivity contribution is 0.0779. The number of nitrogens with zero attached hydrogens (tertiary/aromatic N) is 2. The maximum absolute atomic E-state index is 6.05. The Morgan fingerprint density at radius 1 is 1.20 bits per heavy atom. The first kappa shape index (κ1) is 14.0. The van der Waals surface area contributed by atoms with Crippen molar-refractivity contribution in [2.75, 3.05) is 19.6 Å². The van der Waals surface area contributed by atoms with Gasteiger partial charge in [0.25, 0.3) is 0 Å². The lowest BCUT2D eigenvalue weighted by atomic mass is 9.76. The van der Waals surface area contributed by atoms with Gasteiger partial charge in [-0.1, -0.05) is 18.9 Å². The largest absolute Gasteiger partial charge is 0.329 e. The number of aromatic nitrogens is 1. The van der Waals surface area contributed by atoms with Gasteiger partial charge in [-0.25, -0.2) is 0 Å². The summed E-state index contributed by atoms with van der Waals surface area (Å²) in [4.78, 5) is 7.01. The van der Waals surface area contributed by atoms with Crippen LogP contribution in [0.2, 0.25) is 0 Å². The SMILES string of the molecule is Cc1ccc(C(CN)N2CCC3(CCCC3)CC2)cn1. The Labute approximate surface area is 122 Å². The van der Waals surface area contributed by atoms with Crippen molar-refractivity contribution in [1.29, 1.82) is 0 Å². The fourth-order valence-corrected chi connectivity index (χ4v) is 4.11. The monoisotopic (exact) mass is 273 g/mol. The van der Waals surface area contributed by atoms with E-state index in [0.717, 1.165) is 5.69 Å². The van der Waals surface area contributed by atoms with Gasteiger partial charge in [0.1, 0.15) is 0 Å². The van der Waals surface area contributed by atoms with Crippen molar-refractivity contribution in [1.82, 2.24) is 9.88 Å². The molecule has 1 aliphatic heterocycles. The lowest BCUT2D eigenvalue weighted by Gasteiger charge is -2.42. The van der Waals surface area contributed by atoms with E-state index in [4.69, 9.17) is 5.73 Å². The second-order valence-electron chi connectivity index (χ2n) is 6.73. The van der Waals surface area contributed by atoms with Crippen molar-refractivity contribution >= 4 is 0 Å². The van der Waals surface area contributed by atoms with E-state index in [1.165, 1.54) is 57.2 Å². The summed E-state index contributed by atoms with van der Waals surface area (Å²) in [6.07, 6.45) is 10.5. The number of nitrogens with two attached hydrogens (primary N) is 1. The van der Waals surface area contributed by atoms with Crippen LogP contribution in [0.4, 0.5) is 0 Å². The molecule has 1 aromatic rings. The van der Waals surface area contributed by atoms with Crippen LogP contribution in [0.15, 0.2) is 18.3 Å². The number of piperidine rings is 1. The third kappa shape index (κ3) is 2.75. The maximum atomic E-state index is 6.05. The van der Waals surface area contributed by atoms with Gasteiger partial charge in [0.05, 0.1) is 0 Å². The quantitative estimate of drug-likeness (QED) is 0.920. The van der Waals surface area contributed by atoms with Crippen molar-refractivity contribution in [2.45, 2.75) is 51.5 Å². The van der Waals surface area contributed by atoms with Gasteiger partial charge in [-0.2, -0.15) is 0 Å². The zero-order valence-electron chi connectivity index (χ0n) is 12.6. The zero-order chi connectivity index (χ0) is 14.0. The number of pyridine rings is 1. The molecule has 1 saturated carbocycles. The van der Waals surface area contributed by atoms with E-state index in [9.17, 15) is 0 Å². The third-order valence-corrected chi connectivity index (χ3v) is 5.51. The summed E-state index contributed by atoms with van der Waals surface area (Å²) in [7, 11) is 0. The highest BCUT2D eigenvalue weighted by Crippen LogP contribution is 2.47. The molecule has 1 saturated heterocycles. The summed E-state index contributed by atoms with van der Waals surface area (Å²) in [5, 5.41) is 0. The topological polar surface area (TPSA) is 42.1 Å². The normalized spacial score (nSPS) is 24.1. The van der Waals surface area contributed by atoms with Crippen LogP contribution in [0.1, 0.15) is 55.8 Å². The van der Waals surface area contributed by atoms with E-state index < -0.39 is 0 Å². The molecule has 2 fully saturated rings. The van der Waals surface area contributed by atoms with E-state index in [1.54, 1.807) is 0 Å². The molecule has 2 aliphatic rings. The predicted octanol–water partition coefficient (Wildman–Crippen LogP) is 3.05. The number of rotatable bonds is 3. The summed E-state index contributed by atoms with van der Waals surface area (Å²) in [5.41, 5.74) is 9.09. The van der Waals surface area contributed by atoms with Gasteiger partial charge in [-0.15, -0.1) is 0 Å². The van der Waals surface area contributed by atoms with Crippen molar-refractivity contribution in [2.24, 2.45) is 11.1 Å². The number of likely N-dealkylation sites (tertiary alicyclic amines) is 1. The second kappa shape index (κ2) is 5.82. The van der Waals surface area contributed by atoms with Gasteiger partial charge in [0.2, 0.25) is 0 Å². The van der Waals surface area contributed by atoms with Crippen LogP contribution in [0.3, 0.4) is 0 Å². The molecule has 0 radical (unpaired) electrons. The highest BCUT2D eigenvalue weighted by molar-refractivity contribution is 5.18. The molecule has 3 heteroatoms. The zero-order valence-corrected chi connectivity index (χ0v) is 12.6. The number of hydrogen-bond acceptors (Lipinski definition) is 3. The van der Waals surface area contributed by atoms with Gasteiger partial charge in [0, 0.05) is 24.5 Å². The second-order valence-corrected chi connectivity index (χ2v) is 6.73. The summed E-state index contributed by atoms with van der Waals surface area (Å²) in [5.74, 6) is 0. The summed E-state index contributed by atoms with van der Waals surface area (Å²) in [6, 6.07) is 4.64. The van der Waals surface area contributed by atoms with E-state index >= 15 is 0 Å². The van der Waals surface area contributed by atoms with Crippen LogP contribution in [0.5, 0.6) is 0 Å². The number of aryl methyl sites for hydroxylation is 1. The molecule has 1 unspecified atom stereocenters. The van der Waals surface area contributed by atoms with Crippen LogP contribution >= 0.6 is 0 Å². The fourth-order valence-electron chi connectivity index (χ4n) is 4.11. The molecule has 1 atom stereocenters. The Bertz CT molecular complexity index is 424. The molecule has 1 aliphatic carbocycles. The molecular weight excluding hydrogens is 246 g/mol. The van der Waals surface area contributed by atoms with E-state index in [-0.39, 0.29) is 0 Å². The van der Waals surface area contributed by atoms with Crippen molar-refractivity contribution in [3.05, 3.63) is 29.6 Å². The molecule has 3 rings (SSSR count). The highest BCUT2D eigenvalue weighted by Gasteiger charge is 2.38. The average molecular weight is 273 g/mol. The molecule has 2 heterocycles. The summed E-state index contributed by atoms with van der Waals surface area (Å²) in [6.45, 7) is 5.13. The third-order valence-electron chi connectivity index (χ3n) is 5.51. The van der Waals surface area contributed by atoms with Crippen molar-refractivity contribution in [3.8, 4) is 0 Å². The van der Waals surface area contributed by atoms with Crippen LogP contribution in [0.25, 0.3) is 0 Å². The molecule has 1 aromatic heterocycles. The van der Waals surface area contributed by atoms with Crippen LogP contribution in [0, 0.1) is 12.3 Å². The standard InChI is InChI=1S/C17H27N3/c1-14-4-5-15(13-19-14)16(12-18)20-10-8-17(9-11-20)6-2-3-7-17/h4-5,13,16H,2-3,6-12,18H2,1H3. The molecule has 3 nitrogen and oxygen atoms in total. The summed E-state index contributed by atoms with van der Waals surface area (Å²) < 4.78 is 0. The first-order chi connectivity index (χ1) is 9.72. The van der Waals surface area contributed by atoms with E-state index in [1.807, 2.05) is 13.1 Å². The first-order valence-corrected chi connectivity index (χ1v) is 8.09. The molecule has 0 bridgehead atoms. The Balaban J connectivity index is 1.67. The minimum absolute atomic E-state index is 0.349. The molecule has 20 heavy (non-hydrogen) atoms. The number of hydrogen-bond donors (Lipinski definition) is 1. The molecule has 0 aromatic carbocycles. The van der Waals surface area contributed by atoms with Gasteiger partial charge in [0.15, 0.2) is 0 Å². The van der Waals surface area contributed by atoms with Crippen LogP contribution in [-0.2, 0) is 0 Å². The average Bonchev–Trinajstić information content (AvgIpc) is 2.92. The van der Waals surface area contributed by atoms with Crippen molar-refractivity contribution in [3.63, 3.8) is 0 Å². The predicted molar refractivity (Wildman–Crippen MR) is 82.5 cm³/mol. The van der Waals surface area contributed by atoms with Gasteiger partial charge in [-0.05, 0) is 62.7 Å². The Kier molecular flexibility index (Phi) is 4.08. The molecule has 2 N–H and O–H groups in total. The van der Waals surface area contributed by atoms with Crippen LogP contribution in [-0.4, -0.2) is 29.5 Å². The Hall–Kier alpha value is -0.930. The highest BCUT2D eigenvalue weighted by atomic mass is 15.2.